The minimum absolute atomic E-state index is 0.000137. The second kappa shape index (κ2) is 7.63. The summed E-state index contributed by atoms with van der Waals surface area (Å²) < 4.78 is 5.30. The quantitative estimate of drug-likeness (QED) is 0.661. The predicted molar refractivity (Wildman–Crippen MR) is 65.8 cm³/mol. The van der Waals surface area contributed by atoms with Crippen molar-refractivity contribution in [2.45, 2.75) is 38.8 Å². The van der Waals surface area contributed by atoms with Crippen molar-refractivity contribution in [2.75, 3.05) is 32.8 Å². The van der Waals surface area contributed by atoms with Crippen LogP contribution in [0.25, 0.3) is 0 Å². The van der Waals surface area contributed by atoms with Gasteiger partial charge in [0.25, 0.3) is 0 Å². The Morgan fingerprint density at radius 1 is 1.59 bits per heavy atom. The average Bonchev–Trinajstić information content (AvgIpc) is 2.78. The lowest BCUT2D eigenvalue weighted by molar-refractivity contribution is -0.138. The molecule has 1 heterocycles. The van der Waals surface area contributed by atoms with Crippen LogP contribution in [0.2, 0.25) is 0 Å². The first-order chi connectivity index (χ1) is 8.13. The second-order valence-electron chi connectivity index (χ2n) is 4.72. The Hall–Kier alpha value is -0.650. The van der Waals surface area contributed by atoms with Gasteiger partial charge in [-0.1, -0.05) is 0 Å². The molecule has 1 aliphatic heterocycles. The molecule has 1 amide bonds. The predicted octanol–water partition coefficient (Wildman–Crippen LogP) is -0.0157. The number of hydrogen-bond donors (Lipinski definition) is 2. The van der Waals surface area contributed by atoms with Gasteiger partial charge >= 0.3 is 0 Å². The highest BCUT2D eigenvalue weighted by atomic mass is 16.5. The van der Waals surface area contributed by atoms with Crippen molar-refractivity contribution >= 4 is 5.91 Å². The topological polar surface area (TPSA) is 61.8 Å². The van der Waals surface area contributed by atoms with Crippen LogP contribution >= 0.6 is 0 Å². The smallest absolute Gasteiger partial charge is 0.248 e. The highest BCUT2D eigenvalue weighted by Crippen LogP contribution is 2.07. The fraction of sp³-hybridized carbons (Fsp3) is 0.917. The van der Waals surface area contributed by atoms with Gasteiger partial charge < -0.3 is 20.1 Å². The zero-order chi connectivity index (χ0) is 12.7. The largest absolute Gasteiger partial charge is 0.395 e. The van der Waals surface area contributed by atoms with E-state index in [-0.39, 0.29) is 25.2 Å². The van der Waals surface area contributed by atoms with Crippen molar-refractivity contribution in [3.05, 3.63) is 0 Å². The second-order valence-corrected chi connectivity index (χ2v) is 4.72. The summed E-state index contributed by atoms with van der Waals surface area (Å²) in [7, 11) is 0. The monoisotopic (exact) mass is 244 g/mol. The van der Waals surface area contributed by atoms with Crippen LogP contribution in [0, 0.1) is 0 Å². The first-order valence-electron chi connectivity index (χ1n) is 6.37. The van der Waals surface area contributed by atoms with Crippen LogP contribution in [0.5, 0.6) is 0 Å². The molecule has 1 rings (SSSR count). The zero-order valence-corrected chi connectivity index (χ0v) is 10.8. The summed E-state index contributed by atoms with van der Waals surface area (Å²) in [6.45, 7) is 5.99. The third kappa shape index (κ3) is 5.48. The summed E-state index contributed by atoms with van der Waals surface area (Å²) in [6.07, 6.45) is 2.31. The number of nitrogens with one attached hydrogen (secondary N) is 1. The Kier molecular flexibility index (Phi) is 6.47. The van der Waals surface area contributed by atoms with Gasteiger partial charge in [0.05, 0.1) is 12.7 Å². The normalized spacial score (nSPS) is 19.9. The molecule has 5 nitrogen and oxygen atoms in total. The van der Waals surface area contributed by atoms with Gasteiger partial charge in [0, 0.05) is 19.1 Å². The lowest BCUT2D eigenvalue weighted by Gasteiger charge is -2.25. The zero-order valence-electron chi connectivity index (χ0n) is 10.8. The van der Waals surface area contributed by atoms with Gasteiger partial charge in [-0.3, -0.25) is 4.79 Å². The van der Waals surface area contributed by atoms with E-state index in [0.29, 0.717) is 19.1 Å². The van der Waals surface area contributed by atoms with E-state index in [9.17, 15) is 4.79 Å². The number of aliphatic hydroxyl groups excluding tert-OH is 1. The van der Waals surface area contributed by atoms with E-state index in [4.69, 9.17) is 9.84 Å². The van der Waals surface area contributed by atoms with E-state index < -0.39 is 0 Å². The lowest BCUT2D eigenvalue weighted by atomic mass is 10.2. The van der Waals surface area contributed by atoms with Crippen molar-refractivity contribution in [3.8, 4) is 0 Å². The van der Waals surface area contributed by atoms with E-state index >= 15 is 0 Å². The van der Waals surface area contributed by atoms with Gasteiger partial charge in [0.2, 0.25) is 5.91 Å². The van der Waals surface area contributed by atoms with Crippen molar-refractivity contribution in [1.29, 1.82) is 0 Å². The summed E-state index contributed by atoms with van der Waals surface area (Å²) in [5, 5.41) is 12.3. The molecule has 0 aliphatic carbocycles. The molecule has 100 valence electrons. The van der Waals surface area contributed by atoms with Crippen LogP contribution in [-0.2, 0) is 9.53 Å². The molecule has 1 atom stereocenters. The third-order valence-electron chi connectivity index (χ3n) is 2.87. The molecule has 1 unspecified atom stereocenters. The summed E-state index contributed by atoms with van der Waals surface area (Å²) in [5.74, 6) is -0.0403. The van der Waals surface area contributed by atoms with Crippen molar-refractivity contribution in [2.24, 2.45) is 0 Å². The molecule has 1 aliphatic rings. The van der Waals surface area contributed by atoms with E-state index in [1.54, 1.807) is 4.90 Å². The van der Waals surface area contributed by atoms with Crippen molar-refractivity contribution < 1.29 is 14.6 Å². The molecule has 0 aromatic heterocycles. The van der Waals surface area contributed by atoms with Gasteiger partial charge in [-0.05, 0) is 33.2 Å². The Morgan fingerprint density at radius 3 is 2.88 bits per heavy atom. The first kappa shape index (κ1) is 14.4. The van der Waals surface area contributed by atoms with E-state index in [2.05, 4.69) is 5.32 Å². The molecule has 2 N–H and O–H groups in total. The minimum atomic E-state index is -0.0403. The number of aliphatic hydroxyl groups is 1. The summed E-state index contributed by atoms with van der Waals surface area (Å²) >= 11 is 0. The van der Waals surface area contributed by atoms with Crippen LogP contribution in [0.3, 0.4) is 0 Å². The van der Waals surface area contributed by atoms with E-state index in [1.807, 2.05) is 13.8 Å². The Balaban J connectivity index is 2.37. The number of ether oxygens (including phenoxy) is 1. The van der Waals surface area contributed by atoms with E-state index in [0.717, 1.165) is 19.4 Å². The van der Waals surface area contributed by atoms with Crippen LogP contribution in [0.1, 0.15) is 26.7 Å². The Bertz CT molecular complexity index is 228. The molecule has 5 heteroatoms. The summed E-state index contributed by atoms with van der Waals surface area (Å²) in [4.78, 5) is 13.6. The minimum Gasteiger partial charge on any atom is -0.395 e. The van der Waals surface area contributed by atoms with Crippen LogP contribution in [-0.4, -0.2) is 60.9 Å². The standard InChI is InChI=1S/C12H24N2O3/c1-10(2)17-9-12(16)14(6-7-15)8-11-4-3-5-13-11/h10-11,13,15H,3-9H2,1-2H3. The molecule has 0 saturated carbocycles. The molecule has 1 saturated heterocycles. The van der Waals surface area contributed by atoms with Gasteiger partial charge in [-0.2, -0.15) is 0 Å². The van der Waals surface area contributed by atoms with Gasteiger partial charge in [0.15, 0.2) is 0 Å². The number of nitrogens with zero attached hydrogens (tertiary/aromatic N) is 1. The van der Waals surface area contributed by atoms with Crippen molar-refractivity contribution in [1.82, 2.24) is 10.2 Å². The Labute approximate surface area is 103 Å². The third-order valence-corrected chi connectivity index (χ3v) is 2.87. The number of amides is 1. The molecule has 0 aromatic rings. The maximum absolute atomic E-state index is 11.9. The molecule has 0 bridgehead atoms. The molecule has 0 spiro atoms. The fourth-order valence-electron chi connectivity index (χ4n) is 1.95. The molecular weight excluding hydrogens is 220 g/mol. The van der Waals surface area contributed by atoms with Crippen molar-refractivity contribution in [3.63, 3.8) is 0 Å². The molecule has 1 fully saturated rings. The summed E-state index contributed by atoms with van der Waals surface area (Å²) in [5.41, 5.74) is 0. The highest BCUT2D eigenvalue weighted by molar-refractivity contribution is 5.77. The van der Waals surface area contributed by atoms with Gasteiger partial charge in [-0.15, -0.1) is 0 Å². The average molecular weight is 244 g/mol. The molecule has 0 aromatic carbocycles. The fourth-order valence-corrected chi connectivity index (χ4v) is 1.95. The summed E-state index contributed by atoms with van der Waals surface area (Å²) in [6, 6.07) is 0.365. The molecule has 0 radical (unpaired) electrons. The SMILES string of the molecule is CC(C)OCC(=O)N(CCO)CC1CCCN1. The first-order valence-corrected chi connectivity index (χ1v) is 6.37. The van der Waals surface area contributed by atoms with Crippen LogP contribution in [0.15, 0.2) is 0 Å². The van der Waals surface area contributed by atoms with E-state index in [1.165, 1.54) is 0 Å². The van der Waals surface area contributed by atoms with Gasteiger partial charge in [0.1, 0.15) is 6.61 Å². The van der Waals surface area contributed by atoms with Crippen LogP contribution < -0.4 is 5.32 Å². The maximum Gasteiger partial charge on any atom is 0.248 e. The number of hydrogen-bond acceptors (Lipinski definition) is 4. The number of carbonyl (C=O) groups excluding carboxylic acids is 1. The molecular formula is C12H24N2O3. The van der Waals surface area contributed by atoms with Crippen LogP contribution in [0.4, 0.5) is 0 Å². The lowest BCUT2D eigenvalue weighted by Crippen LogP contribution is -2.44. The highest BCUT2D eigenvalue weighted by Gasteiger charge is 2.21. The Morgan fingerprint density at radius 2 is 2.35 bits per heavy atom. The number of rotatable bonds is 7. The number of carbonyl (C=O) groups is 1. The van der Waals surface area contributed by atoms with Gasteiger partial charge in [-0.25, -0.2) is 0 Å². The maximum atomic E-state index is 11.9. The molecule has 17 heavy (non-hydrogen) atoms.